The van der Waals surface area contributed by atoms with Crippen LogP contribution in [0, 0.1) is 5.41 Å². The van der Waals surface area contributed by atoms with Crippen LogP contribution < -0.4 is 5.32 Å². The summed E-state index contributed by atoms with van der Waals surface area (Å²) < 4.78 is 0. The average Bonchev–Trinajstić information content (AvgIpc) is 2.97. The molecule has 0 bridgehead atoms. The Morgan fingerprint density at radius 1 is 1.19 bits per heavy atom. The number of nitrogens with one attached hydrogen (secondary N) is 1. The first kappa shape index (κ1) is 15.0. The van der Waals surface area contributed by atoms with Gasteiger partial charge in [-0.25, -0.2) is 0 Å². The molecule has 0 unspecified atom stereocenters. The Bertz CT molecular complexity index is 479. The van der Waals surface area contributed by atoms with E-state index in [0.717, 1.165) is 30.6 Å². The third-order valence-corrected chi connectivity index (χ3v) is 6.33. The lowest BCUT2D eigenvalue weighted by Gasteiger charge is -2.35. The topological polar surface area (TPSA) is 49.3 Å². The van der Waals surface area contributed by atoms with Crippen LogP contribution in [0.1, 0.15) is 65.1 Å². The molecule has 1 aromatic rings. The third kappa shape index (κ3) is 3.32. The number of aliphatic hydroxyl groups is 1. The van der Waals surface area contributed by atoms with Crippen molar-refractivity contribution in [1.82, 2.24) is 5.32 Å². The zero-order valence-electron chi connectivity index (χ0n) is 12.6. The first-order valence-corrected chi connectivity index (χ1v) is 9.05. The van der Waals surface area contributed by atoms with Crippen molar-refractivity contribution in [2.24, 2.45) is 5.41 Å². The number of thiophene rings is 1. The van der Waals surface area contributed by atoms with Gasteiger partial charge in [0.2, 0.25) is 0 Å². The normalized spacial score (nSPS) is 20.8. The fraction of sp³-hybridized carbons (Fsp3) is 0.706. The van der Waals surface area contributed by atoms with Crippen LogP contribution in [0.25, 0.3) is 0 Å². The zero-order chi connectivity index (χ0) is 14.7. The summed E-state index contributed by atoms with van der Waals surface area (Å²) in [5.74, 6) is 0.0489. The molecule has 0 atom stereocenters. The van der Waals surface area contributed by atoms with Gasteiger partial charge in [0.15, 0.2) is 0 Å². The third-order valence-electron chi connectivity index (χ3n) is 5.09. The van der Waals surface area contributed by atoms with Gasteiger partial charge in [0.1, 0.15) is 0 Å². The molecule has 2 N–H and O–H groups in total. The fourth-order valence-electron chi connectivity index (χ4n) is 3.65. The second-order valence-corrected chi connectivity index (χ2v) is 7.80. The Kier molecular flexibility index (Phi) is 4.65. The molecule has 2 aliphatic carbocycles. The largest absolute Gasteiger partial charge is 0.396 e. The Balaban J connectivity index is 1.62. The lowest BCUT2D eigenvalue weighted by atomic mass is 9.74. The smallest absolute Gasteiger partial charge is 0.261 e. The minimum absolute atomic E-state index is 0.0489. The summed E-state index contributed by atoms with van der Waals surface area (Å²) in [5, 5.41) is 12.8. The molecule has 1 saturated carbocycles. The first-order chi connectivity index (χ1) is 10.2. The highest BCUT2D eigenvalue weighted by Gasteiger charge is 2.32. The van der Waals surface area contributed by atoms with Gasteiger partial charge in [-0.1, -0.05) is 19.3 Å². The maximum Gasteiger partial charge on any atom is 0.261 e. The molecule has 0 radical (unpaired) electrons. The molecule has 1 fully saturated rings. The van der Waals surface area contributed by atoms with Crippen LogP contribution in [0.5, 0.6) is 0 Å². The van der Waals surface area contributed by atoms with Gasteiger partial charge in [0.05, 0.1) is 11.5 Å². The lowest BCUT2D eigenvalue weighted by Crippen LogP contribution is -2.41. The van der Waals surface area contributed by atoms with E-state index in [1.807, 2.05) is 0 Å². The van der Waals surface area contributed by atoms with E-state index in [1.54, 1.807) is 11.3 Å². The molecule has 3 nitrogen and oxygen atoms in total. The number of aliphatic hydroxyl groups excluding tert-OH is 1. The molecular weight excluding hydrogens is 282 g/mol. The number of fused-ring (bicyclic) bond motifs is 1. The van der Waals surface area contributed by atoms with Crippen LogP contribution in [-0.4, -0.2) is 24.2 Å². The van der Waals surface area contributed by atoms with E-state index in [1.165, 1.54) is 42.5 Å². The summed E-state index contributed by atoms with van der Waals surface area (Å²) >= 11 is 1.66. The van der Waals surface area contributed by atoms with Crippen LogP contribution >= 0.6 is 11.3 Å². The van der Waals surface area contributed by atoms with Crippen molar-refractivity contribution in [2.45, 2.75) is 57.8 Å². The molecule has 2 aliphatic rings. The number of carbonyl (C=O) groups is 1. The van der Waals surface area contributed by atoms with Crippen molar-refractivity contribution in [1.29, 1.82) is 0 Å². The van der Waals surface area contributed by atoms with E-state index in [9.17, 15) is 9.90 Å². The van der Waals surface area contributed by atoms with Gasteiger partial charge in [-0.15, -0.1) is 11.3 Å². The molecule has 1 aromatic heterocycles. The zero-order valence-corrected chi connectivity index (χ0v) is 13.4. The van der Waals surface area contributed by atoms with Crippen LogP contribution in [0.15, 0.2) is 6.07 Å². The van der Waals surface area contributed by atoms with Gasteiger partial charge in [-0.2, -0.15) is 0 Å². The number of hydrogen-bond acceptors (Lipinski definition) is 3. The summed E-state index contributed by atoms with van der Waals surface area (Å²) in [5.41, 5.74) is 1.30. The maximum atomic E-state index is 12.4. The molecule has 116 valence electrons. The molecule has 3 rings (SSSR count). The van der Waals surface area contributed by atoms with Crippen molar-refractivity contribution >= 4 is 17.2 Å². The van der Waals surface area contributed by atoms with Crippen LogP contribution in [0.4, 0.5) is 0 Å². The van der Waals surface area contributed by atoms with E-state index >= 15 is 0 Å². The summed E-state index contributed by atoms with van der Waals surface area (Å²) in [6.45, 7) is 0.805. The number of rotatable bonds is 4. The lowest BCUT2D eigenvalue weighted by molar-refractivity contribution is 0.0720. The van der Waals surface area contributed by atoms with Crippen molar-refractivity contribution in [3.63, 3.8) is 0 Å². The molecule has 21 heavy (non-hydrogen) atoms. The summed E-state index contributed by atoms with van der Waals surface area (Å²) in [6, 6.07) is 2.08. The average molecular weight is 307 g/mol. The monoisotopic (exact) mass is 307 g/mol. The highest BCUT2D eigenvalue weighted by atomic mass is 32.1. The minimum atomic E-state index is -0.0786. The molecule has 0 saturated heterocycles. The fourth-order valence-corrected chi connectivity index (χ4v) is 4.82. The number of hydrogen-bond donors (Lipinski definition) is 2. The molecule has 0 spiro atoms. The Hall–Kier alpha value is -0.870. The highest BCUT2D eigenvalue weighted by molar-refractivity contribution is 7.14. The quantitative estimate of drug-likeness (QED) is 0.896. The Morgan fingerprint density at radius 2 is 1.95 bits per heavy atom. The number of amides is 1. The number of carbonyl (C=O) groups excluding carboxylic acids is 1. The van der Waals surface area contributed by atoms with E-state index in [0.29, 0.717) is 6.54 Å². The predicted octanol–water partition coefficient (Wildman–Crippen LogP) is 3.30. The molecule has 1 heterocycles. The van der Waals surface area contributed by atoms with Crippen LogP contribution in [0.2, 0.25) is 0 Å². The summed E-state index contributed by atoms with van der Waals surface area (Å²) in [4.78, 5) is 14.6. The first-order valence-electron chi connectivity index (χ1n) is 8.23. The van der Waals surface area contributed by atoms with Gasteiger partial charge in [-0.3, -0.25) is 4.79 Å². The summed E-state index contributed by atoms with van der Waals surface area (Å²) in [6.07, 6.45) is 10.4. The summed E-state index contributed by atoms with van der Waals surface area (Å²) in [7, 11) is 0. The molecular formula is C17H25NO2S. The Morgan fingerprint density at radius 3 is 2.67 bits per heavy atom. The molecule has 0 aliphatic heterocycles. The van der Waals surface area contributed by atoms with Crippen molar-refractivity contribution in [2.75, 3.05) is 13.2 Å². The van der Waals surface area contributed by atoms with Crippen molar-refractivity contribution in [3.05, 3.63) is 21.4 Å². The number of aryl methyl sites for hydroxylation is 2. The van der Waals surface area contributed by atoms with Gasteiger partial charge in [-0.05, 0) is 50.2 Å². The Labute approximate surface area is 130 Å². The van der Waals surface area contributed by atoms with Crippen molar-refractivity contribution in [3.8, 4) is 0 Å². The van der Waals surface area contributed by atoms with E-state index in [4.69, 9.17) is 0 Å². The molecule has 4 heteroatoms. The van der Waals surface area contributed by atoms with Gasteiger partial charge in [0.25, 0.3) is 5.91 Å². The van der Waals surface area contributed by atoms with Crippen molar-refractivity contribution < 1.29 is 9.90 Å². The minimum Gasteiger partial charge on any atom is -0.396 e. The van der Waals surface area contributed by atoms with Gasteiger partial charge >= 0.3 is 0 Å². The van der Waals surface area contributed by atoms with Gasteiger partial charge < -0.3 is 10.4 Å². The van der Waals surface area contributed by atoms with Crippen LogP contribution in [-0.2, 0) is 12.8 Å². The second kappa shape index (κ2) is 6.49. The SMILES string of the molecule is O=C(NCC1(CO)CCCCC1)c1cc2c(s1)CCCC2. The van der Waals surface area contributed by atoms with E-state index in [2.05, 4.69) is 11.4 Å². The standard InChI is InChI=1S/C17H25NO2S/c19-12-17(8-4-1-5-9-17)11-18-16(20)15-10-13-6-2-3-7-14(13)21-15/h10,19H,1-9,11-12H2,(H,18,20). The molecule has 0 aromatic carbocycles. The van der Waals surface area contributed by atoms with Gasteiger partial charge in [0, 0.05) is 16.8 Å². The van der Waals surface area contributed by atoms with Crippen LogP contribution in [0.3, 0.4) is 0 Å². The highest BCUT2D eigenvalue weighted by Crippen LogP contribution is 2.35. The maximum absolute atomic E-state index is 12.4. The van der Waals surface area contributed by atoms with E-state index in [-0.39, 0.29) is 17.9 Å². The predicted molar refractivity (Wildman–Crippen MR) is 85.9 cm³/mol. The molecule has 1 amide bonds. The van der Waals surface area contributed by atoms with E-state index < -0.39 is 0 Å². The second-order valence-electron chi connectivity index (χ2n) is 6.67.